The standard InChI is InChI=1S/C10H17NO4S/c1-2-16(13,14)6-5-11-7-9-3-4-10(8-12)15-9/h3-4,11-12H,2,5-8H2,1H3. The lowest BCUT2D eigenvalue weighted by atomic mass is 10.4. The van der Waals surface area contributed by atoms with Crippen molar-refractivity contribution in [2.75, 3.05) is 18.1 Å². The number of furan rings is 1. The second-order valence-corrected chi connectivity index (χ2v) is 5.91. The summed E-state index contributed by atoms with van der Waals surface area (Å²) < 4.78 is 27.6. The van der Waals surface area contributed by atoms with E-state index >= 15 is 0 Å². The molecule has 0 saturated carbocycles. The number of nitrogens with one attached hydrogen (secondary N) is 1. The quantitative estimate of drug-likeness (QED) is 0.677. The van der Waals surface area contributed by atoms with Crippen LogP contribution in [0.5, 0.6) is 0 Å². The average molecular weight is 247 g/mol. The summed E-state index contributed by atoms with van der Waals surface area (Å²) in [4.78, 5) is 0. The summed E-state index contributed by atoms with van der Waals surface area (Å²) >= 11 is 0. The number of aliphatic hydroxyl groups excluding tert-OH is 1. The van der Waals surface area contributed by atoms with Gasteiger partial charge in [-0.1, -0.05) is 6.92 Å². The molecule has 1 rings (SSSR count). The van der Waals surface area contributed by atoms with Crippen LogP contribution in [0.15, 0.2) is 16.5 Å². The zero-order valence-electron chi connectivity index (χ0n) is 9.27. The molecule has 0 amide bonds. The molecule has 2 N–H and O–H groups in total. The first-order chi connectivity index (χ1) is 7.57. The van der Waals surface area contributed by atoms with E-state index in [4.69, 9.17) is 9.52 Å². The largest absolute Gasteiger partial charge is 0.462 e. The molecule has 6 heteroatoms. The van der Waals surface area contributed by atoms with Crippen LogP contribution in [0, 0.1) is 0 Å². The minimum atomic E-state index is -2.91. The molecule has 0 unspecified atom stereocenters. The van der Waals surface area contributed by atoms with E-state index in [1.807, 2.05) is 0 Å². The average Bonchev–Trinajstić information content (AvgIpc) is 2.72. The van der Waals surface area contributed by atoms with Gasteiger partial charge in [0, 0.05) is 12.3 Å². The Hall–Kier alpha value is -0.850. The molecule has 0 fully saturated rings. The van der Waals surface area contributed by atoms with Crippen LogP contribution in [0.25, 0.3) is 0 Å². The van der Waals surface area contributed by atoms with E-state index < -0.39 is 9.84 Å². The molecule has 0 aliphatic heterocycles. The van der Waals surface area contributed by atoms with Crippen LogP contribution in [0.4, 0.5) is 0 Å². The van der Waals surface area contributed by atoms with Gasteiger partial charge >= 0.3 is 0 Å². The predicted octanol–water partition coefficient (Wildman–Crippen LogP) is 0.296. The van der Waals surface area contributed by atoms with Crippen LogP contribution in [0.3, 0.4) is 0 Å². The molecule has 16 heavy (non-hydrogen) atoms. The monoisotopic (exact) mass is 247 g/mol. The van der Waals surface area contributed by atoms with Crippen molar-refractivity contribution in [1.82, 2.24) is 5.32 Å². The van der Waals surface area contributed by atoms with Crippen LogP contribution >= 0.6 is 0 Å². The van der Waals surface area contributed by atoms with Crippen molar-refractivity contribution >= 4 is 9.84 Å². The molecule has 1 heterocycles. The van der Waals surface area contributed by atoms with Crippen molar-refractivity contribution in [2.24, 2.45) is 0 Å². The smallest absolute Gasteiger partial charge is 0.151 e. The van der Waals surface area contributed by atoms with Crippen molar-refractivity contribution in [2.45, 2.75) is 20.1 Å². The first kappa shape index (κ1) is 13.2. The molecule has 0 radical (unpaired) electrons. The van der Waals surface area contributed by atoms with Crippen LogP contribution in [0.2, 0.25) is 0 Å². The number of hydrogen-bond acceptors (Lipinski definition) is 5. The highest BCUT2D eigenvalue weighted by molar-refractivity contribution is 7.91. The van der Waals surface area contributed by atoms with Gasteiger partial charge in [0.15, 0.2) is 9.84 Å². The maximum atomic E-state index is 11.2. The zero-order chi connectivity index (χ0) is 12.0. The Labute approximate surface area is 95.4 Å². The molecule has 1 aromatic rings. The fourth-order valence-electron chi connectivity index (χ4n) is 1.19. The van der Waals surface area contributed by atoms with Gasteiger partial charge < -0.3 is 14.8 Å². The predicted molar refractivity (Wildman–Crippen MR) is 60.7 cm³/mol. The maximum absolute atomic E-state index is 11.2. The van der Waals surface area contributed by atoms with E-state index in [1.54, 1.807) is 19.1 Å². The molecule has 0 spiro atoms. The minimum Gasteiger partial charge on any atom is -0.462 e. The van der Waals surface area contributed by atoms with Crippen molar-refractivity contribution < 1.29 is 17.9 Å². The summed E-state index contributed by atoms with van der Waals surface area (Å²) in [5.74, 6) is 1.51. The summed E-state index contributed by atoms with van der Waals surface area (Å²) in [6.45, 7) is 2.39. The third kappa shape index (κ3) is 4.34. The van der Waals surface area contributed by atoms with Crippen molar-refractivity contribution in [1.29, 1.82) is 0 Å². The Bertz CT molecular complexity index is 410. The number of sulfone groups is 1. The zero-order valence-corrected chi connectivity index (χ0v) is 10.1. The maximum Gasteiger partial charge on any atom is 0.151 e. The normalized spacial score (nSPS) is 11.9. The molecule has 0 aromatic carbocycles. The van der Waals surface area contributed by atoms with E-state index in [0.29, 0.717) is 24.6 Å². The second-order valence-electron chi connectivity index (χ2n) is 3.44. The van der Waals surface area contributed by atoms with Gasteiger partial charge in [0.05, 0.1) is 12.3 Å². The SMILES string of the molecule is CCS(=O)(=O)CCNCc1ccc(CO)o1. The first-order valence-corrected chi connectivity index (χ1v) is 6.99. The summed E-state index contributed by atoms with van der Waals surface area (Å²) in [5, 5.41) is 11.7. The van der Waals surface area contributed by atoms with Crippen molar-refractivity contribution in [3.63, 3.8) is 0 Å². The molecular weight excluding hydrogens is 230 g/mol. The van der Waals surface area contributed by atoms with E-state index in [1.165, 1.54) is 0 Å². The highest BCUT2D eigenvalue weighted by Gasteiger charge is 2.06. The van der Waals surface area contributed by atoms with Crippen LogP contribution in [0.1, 0.15) is 18.4 Å². The van der Waals surface area contributed by atoms with Gasteiger partial charge in [0.2, 0.25) is 0 Å². The molecule has 0 atom stereocenters. The molecule has 0 saturated heterocycles. The molecule has 1 aromatic heterocycles. The van der Waals surface area contributed by atoms with Crippen molar-refractivity contribution in [3.8, 4) is 0 Å². The fraction of sp³-hybridized carbons (Fsp3) is 0.600. The molecule has 0 aliphatic rings. The van der Waals surface area contributed by atoms with Crippen LogP contribution < -0.4 is 5.32 Å². The molecular formula is C10H17NO4S. The van der Waals surface area contributed by atoms with Gasteiger partial charge in [-0.15, -0.1) is 0 Å². The Balaban J connectivity index is 2.26. The van der Waals surface area contributed by atoms with E-state index in [2.05, 4.69) is 5.32 Å². The van der Waals surface area contributed by atoms with Gasteiger partial charge in [0.25, 0.3) is 0 Å². The Morgan fingerprint density at radius 1 is 1.38 bits per heavy atom. The van der Waals surface area contributed by atoms with E-state index in [-0.39, 0.29) is 18.1 Å². The van der Waals surface area contributed by atoms with Crippen LogP contribution in [-0.4, -0.2) is 31.6 Å². The summed E-state index contributed by atoms with van der Waals surface area (Å²) in [5.41, 5.74) is 0. The second kappa shape index (κ2) is 6.03. The summed E-state index contributed by atoms with van der Waals surface area (Å²) in [6, 6.07) is 3.45. The minimum absolute atomic E-state index is 0.121. The highest BCUT2D eigenvalue weighted by atomic mass is 32.2. The van der Waals surface area contributed by atoms with Crippen LogP contribution in [-0.2, 0) is 23.0 Å². The van der Waals surface area contributed by atoms with E-state index in [9.17, 15) is 8.42 Å². The molecule has 0 bridgehead atoms. The lowest BCUT2D eigenvalue weighted by Crippen LogP contribution is -2.23. The number of hydrogen-bond donors (Lipinski definition) is 2. The molecule has 92 valence electrons. The molecule has 5 nitrogen and oxygen atoms in total. The summed E-state index contributed by atoms with van der Waals surface area (Å²) in [6.07, 6.45) is 0. The summed E-state index contributed by atoms with van der Waals surface area (Å²) in [7, 11) is -2.91. The van der Waals surface area contributed by atoms with Gasteiger partial charge in [-0.25, -0.2) is 8.42 Å². The van der Waals surface area contributed by atoms with Gasteiger partial charge in [-0.3, -0.25) is 0 Å². The third-order valence-corrected chi connectivity index (χ3v) is 3.91. The van der Waals surface area contributed by atoms with Gasteiger partial charge in [-0.2, -0.15) is 0 Å². The topological polar surface area (TPSA) is 79.5 Å². The van der Waals surface area contributed by atoms with Crippen molar-refractivity contribution in [3.05, 3.63) is 23.7 Å². The molecule has 0 aliphatic carbocycles. The van der Waals surface area contributed by atoms with E-state index in [0.717, 1.165) is 0 Å². The van der Waals surface area contributed by atoms with Gasteiger partial charge in [-0.05, 0) is 12.1 Å². The lowest BCUT2D eigenvalue weighted by molar-refractivity contribution is 0.243. The number of aliphatic hydroxyl groups is 1. The first-order valence-electron chi connectivity index (χ1n) is 5.17. The Kier molecular flexibility index (Phi) is 4.98. The highest BCUT2D eigenvalue weighted by Crippen LogP contribution is 2.06. The number of rotatable bonds is 7. The Morgan fingerprint density at radius 3 is 2.62 bits per heavy atom. The third-order valence-electron chi connectivity index (χ3n) is 2.20. The lowest BCUT2D eigenvalue weighted by Gasteiger charge is -2.02. The fourth-order valence-corrected chi connectivity index (χ4v) is 1.93. The Morgan fingerprint density at radius 2 is 2.06 bits per heavy atom. The van der Waals surface area contributed by atoms with Gasteiger partial charge in [0.1, 0.15) is 18.1 Å².